The number of esters is 2. The van der Waals surface area contributed by atoms with Crippen LogP contribution in [0, 0.1) is 0 Å². The van der Waals surface area contributed by atoms with Gasteiger partial charge < -0.3 is 29.9 Å². The first-order valence-electron chi connectivity index (χ1n) is 9.42. The van der Waals surface area contributed by atoms with Crippen molar-refractivity contribution >= 4 is 11.9 Å². The molecule has 0 aromatic rings. The molecule has 26 heavy (non-hydrogen) atoms. The van der Waals surface area contributed by atoms with Crippen LogP contribution in [0.2, 0.25) is 0 Å². The zero-order chi connectivity index (χ0) is 19.9. The molecule has 0 fully saturated rings. The Balaban J connectivity index is 4.24. The lowest BCUT2D eigenvalue weighted by molar-refractivity contribution is -0.179. The van der Waals surface area contributed by atoms with Gasteiger partial charge in [-0.1, -0.05) is 52.4 Å². The molecule has 0 aromatic carbocycles. The van der Waals surface area contributed by atoms with E-state index in [0.29, 0.717) is 12.8 Å². The van der Waals surface area contributed by atoms with E-state index in [1.54, 1.807) is 0 Å². The van der Waals surface area contributed by atoms with Gasteiger partial charge in [0, 0.05) is 0 Å². The number of ether oxygens (including phenoxy) is 2. The summed E-state index contributed by atoms with van der Waals surface area (Å²) in [4.78, 5) is 23.3. The maximum Gasteiger partial charge on any atom is 0.337 e. The van der Waals surface area contributed by atoms with Crippen LogP contribution in [0.3, 0.4) is 0 Å². The van der Waals surface area contributed by atoms with Crippen LogP contribution in [-0.4, -0.2) is 70.0 Å². The Morgan fingerprint density at radius 1 is 0.654 bits per heavy atom. The molecule has 0 bridgehead atoms. The van der Waals surface area contributed by atoms with Gasteiger partial charge >= 0.3 is 11.9 Å². The Morgan fingerprint density at radius 2 is 1.00 bits per heavy atom. The molecule has 0 saturated heterocycles. The van der Waals surface area contributed by atoms with Gasteiger partial charge in [0.1, 0.15) is 12.2 Å². The van der Waals surface area contributed by atoms with Crippen LogP contribution < -0.4 is 0 Å². The monoisotopic (exact) mass is 378 g/mol. The number of rotatable bonds is 15. The third-order valence-corrected chi connectivity index (χ3v) is 3.96. The van der Waals surface area contributed by atoms with Crippen molar-refractivity contribution in [3.63, 3.8) is 0 Å². The van der Waals surface area contributed by atoms with Crippen molar-refractivity contribution in [2.75, 3.05) is 13.2 Å². The lowest BCUT2D eigenvalue weighted by atomic mass is 10.0. The summed E-state index contributed by atoms with van der Waals surface area (Å²) < 4.78 is 9.61. The lowest BCUT2D eigenvalue weighted by Crippen LogP contribution is -2.50. The Bertz CT molecular complexity index is 351. The summed E-state index contributed by atoms with van der Waals surface area (Å²) in [7, 11) is 0. The number of aliphatic hydroxyl groups is 4. The maximum atomic E-state index is 11.6. The van der Waals surface area contributed by atoms with Gasteiger partial charge in [0.15, 0.2) is 12.2 Å². The predicted octanol–water partition coefficient (Wildman–Crippen LogP) is 0.677. The number of hydrogen-bond acceptors (Lipinski definition) is 8. The van der Waals surface area contributed by atoms with Gasteiger partial charge in [0.25, 0.3) is 0 Å². The summed E-state index contributed by atoms with van der Waals surface area (Å²) in [6.07, 6.45) is -1.25. The summed E-state index contributed by atoms with van der Waals surface area (Å²) in [6, 6.07) is 0. The summed E-state index contributed by atoms with van der Waals surface area (Å²) >= 11 is 0. The normalized spacial score (nSPS) is 15.8. The first-order valence-corrected chi connectivity index (χ1v) is 9.42. The lowest BCUT2D eigenvalue weighted by Gasteiger charge is -2.24. The molecule has 8 heteroatoms. The van der Waals surface area contributed by atoms with E-state index in [2.05, 4.69) is 0 Å². The average molecular weight is 378 g/mol. The second kappa shape index (κ2) is 14.9. The standard InChI is InChI=1S/C18H34O8/c1-3-5-7-9-11-25-17(23)15(21)13(19)14(20)16(22)18(24)26-12-10-8-6-4-2/h13-16,19-22H,3-12H2,1-2H3/t13-,14-,15-,16+/m0/s1. The van der Waals surface area contributed by atoms with Crippen LogP contribution >= 0.6 is 0 Å². The van der Waals surface area contributed by atoms with Crippen LogP contribution in [0.5, 0.6) is 0 Å². The second-order valence-electron chi connectivity index (χ2n) is 6.33. The molecule has 4 N–H and O–H groups in total. The number of unbranched alkanes of at least 4 members (excludes halogenated alkanes) is 6. The van der Waals surface area contributed by atoms with Crippen molar-refractivity contribution in [1.82, 2.24) is 0 Å². The third kappa shape index (κ3) is 10.1. The first kappa shape index (κ1) is 24.8. The van der Waals surface area contributed by atoms with E-state index in [1.165, 1.54) is 0 Å². The highest BCUT2D eigenvalue weighted by Crippen LogP contribution is 2.10. The van der Waals surface area contributed by atoms with Crippen LogP contribution in [0.4, 0.5) is 0 Å². The van der Waals surface area contributed by atoms with E-state index in [4.69, 9.17) is 9.47 Å². The molecule has 0 aliphatic rings. The molecule has 0 amide bonds. The molecule has 0 unspecified atom stereocenters. The van der Waals surface area contributed by atoms with Gasteiger partial charge in [-0.2, -0.15) is 0 Å². The minimum Gasteiger partial charge on any atom is -0.464 e. The second-order valence-corrected chi connectivity index (χ2v) is 6.33. The summed E-state index contributed by atoms with van der Waals surface area (Å²) in [5.41, 5.74) is 0. The van der Waals surface area contributed by atoms with Gasteiger partial charge in [0.05, 0.1) is 13.2 Å². The first-order chi connectivity index (χ1) is 12.4. The minimum atomic E-state index is -2.07. The number of carbonyl (C=O) groups excluding carboxylic acids is 2. The largest absolute Gasteiger partial charge is 0.464 e. The zero-order valence-corrected chi connectivity index (χ0v) is 15.8. The average Bonchev–Trinajstić information content (AvgIpc) is 2.64. The number of hydrogen-bond donors (Lipinski definition) is 4. The Labute approximate surface area is 155 Å². The number of carbonyl (C=O) groups is 2. The molecule has 0 aliphatic heterocycles. The van der Waals surface area contributed by atoms with Crippen LogP contribution in [0.15, 0.2) is 0 Å². The highest BCUT2D eigenvalue weighted by Gasteiger charge is 2.38. The molecule has 0 aromatic heterocycles. The van der Waals surface area contributed by atoms with Gasteiger partial charge in [-0.05, 0) is 12.8 Å². The molecule has 8 nitrogen and oxygen atoms in total. The summed E-state index contributed by atoms with van der Waals surface area (Å²) in [6.45, 7) is 4.24. The fourth-order valence-corrected chi connectivity index (χ4v) is 2.23. The predicted molar refractivity (Wildman–Crippen MR) is 94.2 cm³/mol. The maximum absolute atomic E-state index is 11.6. The molecule has 0 spiro atoms. The molecule has 0 rings (SSSR count). The van der Waals surface area contributed by atoms with Crippen LogP contribution in [0.1, 0.15) is 65.2 Å². The van der Waals surface area contributed by atoms with Gasteiger partial charge in [0.2, 0.25) is 0 Å². The Hall–Kier alpha value is -1.22. The van der Waals surface area contributed by atoms with E-state index in [9.17, 15) is 30.0 Å². The van der Waals surface area contributed by atoms with Crippen molar-refractivity contribution in [1.29, 1.82) is 0 Å². The van der Waals surface area contributed by atoms with Crippen molar-refractivity contribution in [2.24, 2.45) is 0 Å². The molecule has 154 valence electrons. The van der Waals surface area contributed by atoms with Crippen LogP contribution in [0.25, 0.3) is 0 Å². The highest BCUT2D eigenvalue weighted by atomic mass is 16.6. The topological polar surface area (TPSA) is 134 Å². The Kier molecular flexibility index (Phi) is 14.2. The number of aliphatic hydroxyl groups excluding tert-OH is 4. The summed E-state index contributed by atoms with van der Waals surface area (Å²) in [5.74, 6) is -2.23. The van der Waals surface area contributed by atoms with Gasteiger partial charge in [-0.3, -0.25) is 0 Å². The van der Waals surface area contributed by atoms with E-state index in [1.807, 2.05) is 13.8 Å². The third-order valence-electron chi connectivity index (χ3n) is 3.96. The van der Waals surface area contributed by atoms with Crippen molar-refractivity contribution in [2.45, 2.75) is 89.6 Å². The van der Waals surface area contributed by atoms with Gasteiger partial charge in [-0.25, -0.2) is 9.59 Å². The quantitative estimate of drug-likeness (QED) is 0.241. The van der Waals surface area contributed by atoms with Crippen molar-refractivity contribution < 1.29 is 39.5 Å². The fraction of sp³-hybridized carbons (Fsp3) is 0.889. The molecular formula is C18H34O8. The van der Waals surface area contributed by atoms with Crippen molar-refractivity contribution in [3.8, 4) is 0 Å². The summed E-state index contributed by atoms with van der Waals surface area (Å²) in [5, 5.41) is 39.0. The molecule has 0 aliphatic carbocycles. The van der Waals surface area contributed by atoms with E-state index >= 15 is 0 Å². The molecule has 4 atom stereocenters. The van der Waals surface area contributed by atoms with Crippen molar-refractivity contribution in [3.05, 3.63) is 0 Å². The SMILES string of the molecule is CCCCCCOC(=O)[C@@H](O)[C@@H](O)[C@H](O)[C@@H](O)C(=O)OCCCCCC. The zero-order valence-electron chi connectivity index (χ0n) is 15.8. The smallest absolute Gasteiger partial charge is 0.337 e. The molecule has 0 radical (unpaired) electrons. The van der Waals surface area contributed by atoms with E-state index in [-0.39, 0.29) is 13.2 Å². The Morgan fingerprint density at radius 3 is 1.31 bits per heavy atom. The van der Waals surface area contributed by atoms with E-state index in [0.717, 1.165) is 38.5 Å². The van der Waals surface area contributed by atoms with E-state index < -0.39 is 36.4 Å². The minimum absolute atomic E-state index is 0.0844. The van der Waals surface area contributed by atoms with Gasteiger partial charge in [-0.15, -0.1) is 0 Å². The fourth-order valence-electron chi connectivity index (χ4n) is 2.23. The molecule has 0 heterocycles. The molecular weight excluding hydrogens is 344 g/mol. The molecule has 0 saturated carbocycles. The van der Waals surface area contributed by atoms with Crippen LogP contribution in [-0.2, 0) is 19.1 Å². The highest BCUT2D eigenvalue weighted by molar-refractivity contribution is 5.77.